The molecule has 206 valence electrons. The van der Waals surface area contributed by atoms with Crippen LogP contribution < -0.4 is 16.0 Å². The third-order valence-electron chi connectivity index (χ3n) is 7.23. The summed E-state index contributed by atoms with van der Waals surface area (Å²) >= 11 is 0. The van der Waals surface area contributed by atoms with E-state index >= 15 is 0 Å². The van der Waals surface area contributed by atoms with Crippen LogP contribution in [0, 0.1) is 17.2 Å². The molecule has 2 aliphatic heterocycles. The van der Waals surface area contributed by atoms with Gasteiger partial charge in [-0.25, -0.2) is 12.8 Å². The monoisotopic (exact) mass is 539 g/mol. The van der Waals surface area contributed by atoms with Crippen LogP contribution >= 0.6 is 0 Å². The molecule has 5 atom stereocenters. The van der Waals surface area contributed by atoms with Crippen molar-refractivity contribution in [1.29, 1.82) is 0 Å². The quantitative estimate of drug-likeness (QED) is 0.440. The number of halogens is 1. The van der Waals surface area contributed by atoms with Crippen molar-refractivity contribution in [3.8, 4) is 0 Å². The SMILES string of the molecule is CN[C@H](C)C(=O)N[C@H](C(=O)N1CC[C@@H]2[C@H]1[C@@H](C(=O)NCc1ccc(F)cc1)CN2S(C)(=O)=O)C(C)(C)C. The molecule has 37 heavy (non-hydrogen) atoms. The first kappa shape index (κ1) is 29.0. The molecular formula is C25H38FN5O5S. The average Bonchev–Trinajstić information content (AvgIpc) is 3.40. The second-order valence-corrected chi connectivity index (χ2v) is 12.9. The van der Waals surface area contributed by atoms with Crippen molar-refractivity contribution in [2.24, 2.45) is 11.3 Å². The van der Waals surface area contributed by atoms with Gasteiger partial charge in [0.25, 0.3) is 0 Å². The highest BCUT2D eigenvalue weighted by molar-refractivity contribution is 7.88. The smallest absolute Gasteiger partial charge is 0.246 e. The maximum absolute atomic E-state index is 13.9. The summed E-state index contributed by atoms with van der Waals surface area (Å²) in [6.45, 7) is 7.59. The number of likely N-dealkylation sites (tertiary alicyclic amines) is 1. The van der Waals surface area contributed by atoms with E-state index in [1.807, 2.05) is 20.8 Å². The molecule has 0 spiro atoms. The molecule has 0 unspecified atom stereocenters. The summed E-state index contributed by atoms with van der Waals surface area (Å²) in [7, 11) is -1.98. The molecule has 0 radical (unpaired) electrons. The maximum Gasteiger partial charge on any atom is 0.246 e. The molecule has 1 aromatic carbocycles. The van der Waals surface area contributed by atoms with E-state index in [-0.39, 0.29) is 43.2 Å². The lowest BCUT2D eigenvalue weighted by molar-refractivity contribution is -0.142. The van der Waals surface area contributed by atoms with Gasteiger partial charge in [-0.15, -0.1) is 0 Å². The number of rotatable bonds is 8. The van der Waals surface area contributed by atoms with E-state index in [9.17, 15) is 27.2 Å². The second-order valence-electron chi connectivity index (χ2n) is 11.0. The molecule has 3 rings (SSSR count). The summed E-state index contributed by atoms with van der Waals surface area (Å²) < 4.78 is 39.7. The number of carbonyl (C=O) groups is 3. The Kier molecular flexibility index (Phi) is 8.65. The minimum absolute atomic E-state index is 0.0451. The predicted octanol–water partition coefficient (Wildman–Crippen LogP) is 0.442. The summed E-state index contributed by atoms with van der Waals surface area (Å²) in [4.78, 5) is 41.4. The van der Waals surface area contributed by atoms with E-state index < -0.39 is 45.5 Å². The van der Waals surface area contributed by atoms with Gasteiger partial charge >= 0.3 is 0 Å². The van der Waals surface area contributed by atoms with Crippen LogP contribution in [0.5, 0.6) is 0 Å². The van der Waals surface area contributed by atoms with E-state index in [0.717, 1.165) is 6.26 Å². The molecule has 3 N–H and O–H groups in total. The number of hydrogen-bond donors (Lipinski definition) is 3. The topological polar surface area (TPSA) is 128 Å². The Bertz CT molecular complexity index is 1120. The highest BCUT2D eigenvalue weighted by Crippen LogP contribution is 2.38. The molecule has 10 nitrogen and oxygen atoms in total. The van der Waals surface area contributed by atoms with Crippen LogP contribution in [-0.4, -0.2) is 85.9 Å². The zero-order valence-corrected chi connectivity index (χ0v) is 23.1. The molecular weight excluding hydrogens is 501 g/mol. The number of fused-ring (bicyclic) bond motifs is 1. The van der Waals surface area contributed by atoms with Gasteiger partial charge in [-0.2, -0.15) is 4.31 Å². The summed E-state index contributed by atoms with van der Waals surface area (Å²) in [5, 5.41) is 8.52. The van der Waals surface area contributed by atoms with E-state index in [1.54, 1.807) is 31.0 Å². The molecule has 0 bridgehead atoms. The normalized spacial score (nSPS) is 23.9. The number of carbonyl (C=O) groups excluding carboxylic acids is 3. The summed E-state index contributed by atoms with van der Waals surface area (Å²) in [5.41, 5.74) is 0.0612. The van der Waals surface area contributed by atoms with Crippen LogP contribution in [-0.2, 0) is 31.0 Å². The molecule has 2 aliphatic rings. The fraction of sp³-hybridized carbons (Fsp3) is 0.640. The van der Waals surface area contributed by atoms with Crippen molar-refractivity contribution in [2.75, 3.05) is 26.4 Å². The van der Waals surface area contributed by atoms with Crippen molar-refractivity contribution >= 4 is 27.7 Å². The van der Waals surface area contributed by atoms with Gasteiger partial charge in [0, 0.05) is 25.7 Å². The molecule has 0 aliphatic carbocycles. The first-order valence-corrected chi connectivity index (χ1v) is 14.3. The van der Waals surface area contributed by atoms with Crippen LogP contribution in [0.2, 0.25) is 0 Å². The molecule has 0 aromatic heterocycles. The average molecular weight is 540 g/mol. The lowest BCUT2D eigenvalue weighted by Crippen LogP contribution is -2.59. The van der Waals surface area contributed by atoms with E-state index in [0.29, 0.717) is 12.0 Å². The largest absolute Gasteiger partial charge is 0.352 e. The molecule has 1 aromatic rings. The Morgan fingerprint density at radius 3 is 2.32 bits per heavy atom. The lowest BCUT2D eigenvalue weighted by atomic mass is 9.85. The van der Waals surface area contributed by atoms with E-state index in [4.69, 9.17) is 0 Å². The van der Waals surface area contributed by atoms with Crippen molar-refractivity contribution < 1.29 is 27.2 Å². The Hall–Kier alpha value is -2.57. The lowest BCUT2D eigenvalue weighted by Gasteiger charge is -2.37. The minimum atomic E-state index is -3.63. The molecule has 2 saturated heterocycles. The van der Waals surface area contributed by atoms with Gasteiger partial charge in [0.2, 0.25) is 27.7 Å². The van der Waals surface area contributed by atoms with Gasteiger partial charge in [0.15, 0.2) is 0 Å². The zero-order chi connectivity index (χ0) is 27.7. The molecule has 0 saturated carbocycles. The Morgan fingerprint density at radius 1 is 1.16 bits per heavy atom. The van der Waals surface area contributed by atoms with E-state index in [2.05, 4.69) is 16.0 Å². The highest BCUT2D eigenvalue weighted by Gasteiger charge is 2.56. The minimum Gasteiger partial charge on any atom is -0.352 e. The summed E-state index contributed by atoms with van der Waals surface area (Å²) in [6, 6.07) is 3.13. The fourth-order valence-corrected chi connectivity index (χ4v) is 6.20. The van der Waals surface area contributed by atoms with Crippen molar-refractivity contribution in [3.63, 3.8) is 0 Å². The van der Waals surface area contributed by atoms with Gasteiger partial charge in [0.1, 0.15) is 11.9 Å². The first-order chi connectivity index (χ1) is 17.1. The Labute approximate surface area is 218 Å². The third-order valence-corrected chi connectivity index (χ3v) is 8.50. The standard InChI is InChI=1S/C25H38FN5O5S/c1-15(27-5)22(32)29-21(25(2,3)4)24(34)30-12-11-19-20(30)18(14-31(19)37(6,35)36)23(33)28-13-16-7-9-17(26)10-8-16/h7-10,15,18-21,27H,11-14H2,1-6H3,(H,28,33)(H,29,32)/t15-,18+,19-,20-,21-/m1/s1. The maximum atomic E-state index is 13.9. The van der Waals surface area contributed by atoms with Crippen LogP contribution in [0.3, 0.4) is 0 Å². The van der Waals surface area contributed by atoms with Gasteiger partial charge in [-0.1, -0.05) is 32.9 Å². The number of hydrogen-bond acceptors (Lipinski definition) is 6. The van der Waals surface area contributed by atoms with Crippen LogP contribution in [0.1, 0.15) is 39.7 Å². The Balaban J connectivity index is 1.87. The number of sulfonamides is 1. The van der Waals surface area contributed by atoms with Crippen LogP contribution in [0.4, 0.5) is 4.39 Å². The summed E-state index contributed by atoms with van der Waals surface area (Å²) in [6.07, 6.45) is 1.49. The zero-order valence-electron chi connectivity index (χ0n) is 22.2. The number of nitrogens with zero attached hydrogens (tertiary/aromatic N) is 2. The van der Waals surface area contributed by atoms with Crippen LogP contribution in [0.15, 0.2) is 24.3 Å². The van der Waals surface area contributed by atoms with Crippen LogP contribution in [0.25, 0.3) is 0 Å². The van der Waals surface area contributed by atoms with Crippen molar-refractivity contribution in [1.82, 2.24) is 25.2 Å². The molecule has 12 heteroatoms. The van der Waals surface area contributed by atoms with Gasteiger partial charge in [-0.3, -0.25) is 14.4 Å². The van der Waals surface area contributed by atoms with Gasteiger partial charge < -0.3 is 20.9 Å². The summed E-state index contributed by atoms with van der Waals surface area (Å²) in [5.74, 6) is -2.24. The highest BCUT2D eigenvalue weighted by atomic mass is 32.2. The fourth-order valence-electron chi connectivity index (χ4n) is 5.05. The number of benzene rings is 1. The van der Waals surface area contributed by atoms with E-state index in [1.165, 1.54) is 16.4 Å². The predicted molar refractivity (Wildman–Crippen MR) is 137 cm³/mol. The Morgan fingerprint density at radius 2 is 1.78 bits per heavy atom. The van der Waals surface area contributed by atoms with Crippen molar-refractivity contribution in [3.05, 3.63) is 35.6 Å². The first-order valence-electron chi connectivity index (χ1n) is 12.4. The number of nitrogens with one attached hydrogen (secondary N) is 3. The number of amides is 3. The molecule has 3 amide bonds. The molecule has 2 fully saturated rings. The third kappa shape index (κ3) is 6.47. The van der Waals surface area contributed by atoms with Gasteiger partial charge in [-0.05, 0) is 43.5 Å². The van der Waals surface area contributed by atoms with Gasteiger partial charge in [0.05, 0.1) is 24.3 Å². The second kappa shape index (κ2) is 11.0. The van der Waals surface area contributed by atoms with Crippen molar-refractivity contribution in [2.45, 2.75) is 64.8 Å². The molecule has 2 heterocycles. The number of likely N-dealkylation sites (N-methyl/N-ethyl adjacent to an activating group) is 1.